The summed E-state index contributed by atoms with van der Waals surface area (Å²) in [6, 6.07) is 34.3. The third-order valence-electron chi connectivity index (χ3n) is 8.44. The summed E-state index contributed by atoms with van der Waals surface area (Å²) in [6.45, 7) is -0.00524. The number of alkyl halides is 6. The quantitative estimate of drug-likeness (QED) is 0.180. The molecule has 0 fully saturated rings. The maximum atomic E-state index is 14.1. The first-order valence-electron chi connectivity index (χ1n) is 15.1. The van der Waals surface area contributed by atoms with E-state index in [1.807, 2.05) is 84.9 Å². The van der Waals surface area contributed by atoms with E-state index in [-0.39, 0.29) is 29.6 Å². The van der Waals surface area contributed by atoms with Crippen molar-refractivity contribution in [3.05, 3.63) is 150 Å². The highest BCUT2D eigenvalue weighted by atomic mass is 19.4. The number of aromatic nitrogens is 2. The van der Waals surface area contributed by atoms with Crippen molar-refractivity contribution in [3.8, 4) is 33.9 Å². The molecule has 0 atom stereocenters. The molecular formula is C39H25F6N3O. The minimum atomic E-state index is -5.06. The van der Waals surface area contributed by atoms with Crippen LogP contribution in [0.5, 0.6) is 0 Å². The number of nitrogens with zero attached hydrogens (tertiary/aromatic N) is 2. The Labute approximate surface area is 276 Å². The van der Waals surface area contributed by atoms with Gasteiger partial charge in [-0.1, -0.05) is 84.9 Å². The molecule has 0 saturated heterocycles. The van der Waals surface area contributed by atoms with Gasteiger partial charge in [0.05, 0.1) is 22.5 Å². The highest BCUT2D eigenvalue weighted by molar-refractivity contribution is 5.94. The number of nitrogens with two attached hydrogens (primary N) is 1. The van der Waals surface area contributed by atoms with Crippen LogP contribution in [0.3, 0.4) is 0 Å². The third-order valence-corrected chi connectivity index (χ3v) is 8.44. The summed E-state index contributed by atoms with van der Waals surface area (Å²) in [7, 11) is 0. The number of primary amides is 1. The van der Waals surface area contributed by atoms with Crippen molar-refractivity contribution in [3.63, 3.8) is 0 Å². The molecule has 0 bridgehead atoms. The zero-order valence-corrected chi connectivity index (χ0v) is 25.5. The molecule has 0 aliphatic carbocycles. The number of carbonyl (C=O) groups is 1. The molecule has 0 aliphatic heterocycles. The van der Waals surface area contributed by atoms with E-state index in [0.29, 0.717) is 40.2 Å². The lowest BCUT2D eigenvalue weighted by molar-refractivity contribution is -0.143. The maximum absolute atomic E-state index is 14.1. The minimum Gasteiger partial charge on any atom is -0.366 e. The lowest BCUT2D eigenvalue weighted by atomic mass is 9.99. The number of carbonyl (C=O) groups excluding carboxylic acids is 1. The standard InChI is InChI=1S/C39H25F6N3O/c40-38(41,42)32-19-31(20-33(21-32)39(43,44)45)37-47-34(29-15-13-24-5-1-3-7-27(24)17-29)35(30-16-14-25-6-2-4-8-28(25)18-30)48(37)22-23-9-11-26(12-10-23)36(46)49/h1-21H,22H2,(H2,46,49). The van der Waals surface area contributed by atoms with Crippen molar-refractivity contribution in [1.82, 2.24) is 9.55 Å². The first kappa shape index (κ1) is 31.7. The Morgan fingerprint density at radius 2 is 1.10 bits per heavy atom. The van der Waals surface area contributed by atoms with Gasteiger partial charge in [-0.2, -0.15) is 26.3 Å². The second-order valence-corrected chi connectivity index (χ2v) is 11.7. The van der Waals surface area contributed by atoms with E-state index in [0.717, 1.165) is 21.5 Å². The summed E-state index contributed by atoms with van der Waals surface area (Å²) in [6.07, 6.45) is -10.1. The molecule has 7 rings (SSSR count). The van der Waals surface area contributed by atoms with E-state index in [2.05, 4.69) is 0 Å². The van der Waals surface area contributed by atoms with Crippen molar-refractivity contribution < 1.29 is 31.1 Å². The number of halogens is 6. The van der Waals surface area contributed by atoms with E-state index in [4.69, 9.17) is 10.7 Å². The number of hydrogen-bond acceptors (Lipinski definition) is 2. The van der Waals surface area contributed by atoms with E-state index in [1.165, 1.54) is 12.1 Å². The van der Waals surface area contributed by atoms with Gasteiger partial charge in [-0.25, -0.2) is 4.98 Å². The number of benzene rings is 6. The summed E-state index contributed by atoms with van der Waals surface area (Å²) in [5, 5.41) is 3.64. The zero-order chi connectivity index (χ0) is 34.5. The lowest BCUT2D eigenvalue weighted by Crippen LogP contribution is -2.12. The third kappa shape index (κ3) is 6.25. The molecule has 0 unspecified atom stereocenters. The van der Waals surface area contributed by atoms with Crippen molar-refractivity contribution in [1.29, 1.82) is 0 Å². The van der Waals surface area contributed by atoms with Crippen LogP contribution in [-0.4, -0.2) is 15.5 Å². The second-order valence-electron chi connectivity index (χ2n) is 11.7. The molecule has 10 heteroatoms. The summed E-state index contributed by atoms with van der Waals surface area (Å²) >= 11 is 0. The highest BCUT2D eigenvalue weighted by Crippen LogP contribution is 2.42. The van der Waals surface area contributed by atoms with Crippen LogP contribution in [0.2, 0.25) is 0 Å². The molecule has 0 spiro atoms. The fourth-order valence-corrected chi connectivity index (χ4v) is 6.04. The fourth-order valence-electron chi connectivity index (χ4n) is 6.04. The van der Waals surface area contributed by atoms with Gasteiger partial charge in [-0.15, -0.1) is 0 Å². The minimum absolute atomic E-state index is 0.00524. The van der Waals surface area contributed by atoms with E-state index in [9.17, 15) is 31.1 Å². The van der Waals surface area contributed by atoms with E-state index < -0.39 is 29.4 Å². The molecule has 0 aliphatic rings. The van der Waals surface area contributed by atoms with Crippen molar-refractivity contribution in [2.45, 2.75) is 18.9 Å². The van der Waals surface area contributed by atoms with Gasteiger partial charge < -0.3 is 10.3 Å². The van der Waals surface area contributed by atoms with Gasteiger partial charge in [-0.05, 0) is 69.6 Å². The lowest BCUT2D eigenvalue weighted by Gasteiger charge is -2.17. The van der Waals surface area contributed by atoms with Gasteiger partial charge in [0.25, 0.3) is 0 Å². The molecule has 0 radical (unpaired) electrons. The summed E-state index contributed by atoms with van der Waals surface area (Å²) < 4.78 is 86.1. The molecule has 0 saturated carbocycles. The molecule has 2 N–H and O–H groups in total. The molecule has 4 nitrogen and oxygen atoms in total. The SMILES string of the molecule is NC(=O)c1ccc(Cn2c(-c3cc(C(F)(F)F)cc(C(F)(F)F)c3)nc(-c3ccc4ccccc4c3)c2-c2ccc3ccccc3c2)cc1. The van der Waals surface area contributed by atoms with Crippen LogP contribution in [0.15, 0.2) is 127 Å². The number of fused-ring (bicyclic) bond motifs is 2. The van der Waals surface area contributed by atoms with Gasteiger partial charge in [0.15, 0.2) is 0 Å². The van der Waals surface area contributed by atoms with Crippen LogP contribution in [-0.2, 0) is 18.9 Å². The molecule has 6 aromatic carbocycles. The van der Waals surface area contributed by atoms with Crippen LogP contribution in [0.4, 0.5) is 26.3 Å². The zero-order valence-electron chi connectivity index (χ0n) is 25.5. The Hall–Kier alpha value is -5.90. The van der Waals surface area contributed by atoms with Gasteiger partial charge in [0.1, 0.15) is 5.82 Å². The molecule has 1 heterocycles. The number of amides is 1. The van der Waals surface area contributed by atoms with Crippen LogP contribution in [0, 0.1) is 0 Å². The van der Waals surface area contributed by atoms with Crippen molar-refractivity contribution in [2.75, 3.05) is 0 Å². The highest BCUT2D eigenvalue weighted by Gasteiger charge is 2.38. The predicted octanol–water partition coefficient (Wildman–Crippen LogP) is 10.4. The monoisotopic (exact) mass is 665 g/mol. The van der Waals surface area contributed by atoms with Crippen molar-refractivity contribution >= 4 is 27.5 Å². The largest absolute Gasteiger partial charge is 0.416 e. The Bertz CT molecular complexity index is 2340. The normalized spacial score (nSPS) is 12.1. The Morgan fingerprint density at radius 1 is 0.592 bits per heavy atom. The summed E-state index contributed by atoms with van der Waals surface area (Å²) in [5.41, 5.74) is 5.16. The molecule has 244 valence electrons. The first-order valence-corrected chi connectivity index (χ1v) is 15.1. The molecular weight excluding hydrogens is 640 g/mol. The molecule has 1 amide bonds. The average Bonchev–Trinajstić information content (AvgIpc) is 3.46. The molecule has 1 aromatic heterocycles. The smallest absolute Gasteiger partial charge is 0.366 e. The van der Waals surface area contributed by atoms with Crippen LogP contribution < -0.4 is 5.73 Å². The first-order chi connectivity index (χ1) is 23.3. The topological polar surface area (TPSA) is 60.9 Å². The average molecular weight is 666 g/mol. The Balaban J connectivity index is 1.56. The van der Waals surface area contributed by atoms with Gasteiger partial charge in [0, 0.05) is 28.8 Å². The van der Waals surface area contributed by atoms with Gasteiger partial charge in [0.2, 0.25) is 5.91 Å². The Kier molecular flexibility index (Phi) is 7.74. The van der Waals surface area contributed by atoms with Crippen LogP contribution in [0.1, 0.15) is 27.0 Å². The summed E-state index contributed by atoms with van der Waals surface area (Å²) in [4.78, 5) is 16.6. The van der Waals surface area contributed by atoms with Crippen LogP contribution >= 0.6 is 0 Å². The number of imidazole rings is 1. The van der Waals surface area contributed by atoms with E-state index in [1.54, 1.807) is 16.7 Å². The number of hydrogen-bond donors (Lipinski definition) is 1. The van der Waals surface area contributed by atoms with Gasteiger partial charge >= 0.3 is 12.4 Å². The van der Waals surface area contributed by atoms with Gasteiger partial charge in [-0.3, -0.25) is 4.79 Å². The van der Waals surface area contributed by atoms with E-state index >= 15 is 0 Å². The predicted molar refractivity (Wildman–Crippen MR) is 178 cm³/mol. The summed E-state index contributed by atoms with van der Waals surface area (Å²) in [5.74, 6) is -0.740. The molecule has 7 aromatic rings. The maximum Gasteiger partial charge on any atom is 0.416 e. The second kappa shape index (κ2) is 12.0. The Morgan fingerprint density at radius 3 is 1.63 bits per heavy atom. The van der Waals surface area contributed by atoms with Crippen LogP contribution in [0.25, 0.3) is 55.4 Å². The molecule has 49 heavy (non-hydrogen) atoms. The fraction of sp³-hybridized carbons (Fsp3) is 0.0769. The number of rotatable bonds is 6. The van der Waals surface area contributed by atoms with Crippen molar-refractivity contribution in [2.24, 2.45) is 5.73 Å².